The summed E-state index contributed by atoms with van der Waals surface area (Å²) in [7, 11) is -1.95. The number of fused-ring (bicyclic) bond motifs is 1. The summed E-state index contributed by atoms with van der Waals surface area (Å²) in [4.78, 5) is 12.5. The highest BCUT2D eigenvalue weighted by Gasteiger charge is 2.61. The average Bonchev–Trinajstić information content (AvgIpc) is 3.38. The number of hydrogen-bond acceptors (Lipinski definition) is 5. The number of rotatable bonds is 4. The summed E-state index contributed by atoms with van der Waals surface area (Å²) in [5.41, 5.74) is 0.354. The molecule has 1 aromatic carbocycles. The number of benzene rings is 1. The molecule has 1 aromatic heterocycles. The average molecular weight is 402 g/mol. The molecule has 1 aliphatic heterocycles. The van der Waals surface area contributed by atoms with Crippen LogP contribution >= 0.6 is 0 Å². The van der Waals surface area contributed by atoms with Crippen molar-refractivity contribution >= 4 is 21.7 Å². The van der Waals surface area contributed by atoms with Gasteiger partial charge >= 0.3 is 0 Å². The van der Waals surface area contributed by atoms with Crippen molar-refractivity contribution in [2.75, 3.05) is 11.9 Å². The molecule has 28 heavy (non-hydrogen) atoms. The third kappa shape index (κ3) is 2.61. The Morgan fingerprint density at radius 2 is 1.93 bits per heavy atom. The van der Waals surface area contributed by atoms with E-state index in [9.17, 15) is 18.3 Å². The quantitative estimate of drug-likeness (QED) is 0.796. The maximum atomic E-state index is 13.2. The second-order valence-corrected chi connectivity index (χ2v) is 9.96. The van der Waals surface area contributed by atoms with E-state index >= 15 is 0 Å². The number of anilines is 1. The number of aliphatic hydroxyl groups is 1. The fourth-order valence-corrected chi connectivity index (χ4v) is 6.96. The molecule has 5 atom stereocenters. The summed E-state index contributed by atoms with van der Waals surface area (Å²) in [6, 6.07) is 7.30. The Balaban J connectivity index is 1.36. The molecule has 9 heteroatoms. The second-order valence-electron chi connectivity index (χ2n) is 8.06. The smallest absolute Gasteiger partial charge is 0.256 e. The number of amides is 1. The van der Waals surface area contributed by atoms with Crippen LogP contribution in [-0.2, 0) is 17.1 Å². The van der Waals surface area contributed by atoms with E-state index in [0.29, 0.717) is 23.8 Å². The molecule has 0 radical (unpaired) electrons. The Morgan fingerprint density at radius 3 is 2.57 bits per heavy atom. The molecule has 1 amide bonds. The summed E-state index contributed by atoms with van der Waals surface area (Å²) in [6.45, 7) is 0.479. The van der Waals surface area contributed by atoms with Crippen molar-refractivity contribution in [2.24, 2.45) is 24.8 Å². The Hall–Kier alpha value is -2.23. The van der Waals surface area contributed by atoms with Crippen LogP contribution < -0.4 is 5.32 Å². The van der Waals surface area contributed by atoms with Gasteiger partial charge in [-0.05, 0) is 54.9 Å². The van der Waals surface area contributed by atoms with Crippen LogP contribution in [0.1, 0.15) is 23.2 Å². The Morgan fingerprint density at radius 1 is 1.18 bits per heavy atom. The molecule has 5 unspecified atom stereocenters. The third-order valence-electron chi connectivity index (χ3n) is 6.48. The van der Waals surface area contributed by atoms with E-state index in [1.165, 1.54) is 28.6 Å². The topological polar surface area (TPSA) is 105 Å². The van der Waals surface area contributed by atoms with Crippen molar-refractivity contribution in [3.05, 3.63) is 42.1 Å². The molecule has 2 aromatic rings. The molecule has 5 rings (SSSR count). The Kier molecular flexibility index (Phi) is 3.91. The SMILES string of the molecule is Cn1ccc(NC(=O)c2ccc(S(=O)(=O)N3CC4CC5CC4C3C5O)cc2)n1. The zero-order valence-electron chi connectivity index (χ0n) is 15.4. The molecule has 2 bridgehead atoms. The van der Waals surface area contributed by atoms with Crippen molar-refractivity contribution in [1.29, 1.82) is 0 Å². The number of hydrogen-bond donors (Lipinski definition) is 2. The summed E-state index contributed by atoms with van der Waals surface area (Å²) >= 11 is 0. The maximum Gasteiger partial charge on any atom is 0.256 e. The molecular weight excluding hydrogens is 380 g/mol. The Labute approximate surface area is 163 Å². The number of aromatic nitrogens is 2. The Bertz CT molecular complexity index is 1030. The molecule has 148 valence electrons. The second kappa shape index (κ2) is 6.13. The molecule has 3 aliphatic rings. The number of sulfonamides is 1. The molecule has 2 saturated carbocycles. The summed E-state index contributed by atoms with van der Waals surface area (Å²) < 4.78 is 29.4. The van der Waals surface area contributed by atoms with Crippen molar-refractivity contribution in [3.8, 4) is 0 Å². The monoisotopic (exact) mass is 402 g/mol. The summed E-state index contributed by atoms with van der Waals surface area (Å²) in [5.74, 6) is 0.949. The lowest BCUT2D eigenvalue weighted by atomic mass is 9.88. The van der Waals surface area contributed by atoms with Gasteiger partial charge in [0.05, 0.1) is 17.0 Å². The highest BCUT2D eigenvalue weighted by Crippen LogP contribution is 2.56. The van der Waals surface area contributed by atoms with Crippen LogP contribution in [0.3, 0.4) is 0 Å². The highest BCUT2D eigenvalue weighted by atomic mass is 32.2. The van der Waals surface area contributed by atoms with E-state index in [2.05, 4.69) is 10.4 Å². The fraction of sp³-hybridized carbons (Fsp3) is 0.474. The molecule has 8 nitrogen and oxygen atoms in total. The van der Waals surface area contributed by atoms with Gasteiger partial charge in [-0.25, -0.2) is 8.42 Å². The van der Waals surface area contributed by atoms with E-state index in [-0.39, 0.29) is 28.7 Å². The molecule has 2 aliphatic carbocycles. The van der Waals surface area contributed by atoms with E-state index in [1.807, 2.05) is 0 Å². The number of nitrogens with one attached hydrogen (secondary N) is 1. The molecule has 1 saturated heterocycles. The van der Waals surface area contributed by atoms with Crippen LogP contribution in [-0.4, -0.2) is 52.2 Å². The first-order valence-corrected chi connectivity index (χ1v) is 10.9. The van der Waals surface area contributed by atoms with Crippen LogP contribution in [0, 0.1) is 17.8 Å². The molecule has 2 heterocycles. The molecule has 3 fully saturated rings. The molecule has 2 N–H and O–H groups in total. The predicted octanol–water partition coefficient (Wildman–Crippen LogP) is 1.06. The van der Waals surface area contributed by atoms with Gasteiger partial charge in [0, 0.05) is 31.4 Å². The summed E-state index contributed by atoms with van der Waals surface area (Å²) in [6.07, 6.45) is 2.99. The minimum atomic E-state index is -3.70. The van der Waals surface area contributed by atoms with Gasteiger partial charge in [0.1, 0.15) is 0 Å². The van der Waals surface area contributed by atoms with Gasteiger partial charge in [-0.1, -0.05) is 0 Å². The van der Waals surface area contributed by atoms with Crippen LogP contribution in [0.4, 0.5) is 5.82 Å². The maximum absolute atomic E-state index is 13.2. The van der Waals surface area contributed by atoms with Gasteiger partial charge in [-0.15, -0.1) is 0 Å². The zero-order valence-corrected chi connectivity index (χ0v) is 16.2. The number of carbonyl (C=O) groups excluding carboxylic acids is 1. The minimum absolute atomic E-state index is 0.152. The highest BCUT2D eigenvalue weighted by molar-refractivity contribution is 7.89. The molecule has 0 spiro atoms. The normalized spacial score (nSPS) is 31.4. The summed E-state index contributed by atoms with van der Waals surface area (Å²) in [5, 5.41) is 17.2. The number of aryl methyl sites for hydroxylation is 1. The first-order valence-electron chi connectivity index (χ1n) is 9.45. The van der Waals surface area contributed by atoms with Crippen LogP contribution in [0.15, 0.2) is 41.4 Å². The van der Waals surface area contributed by atoms with Gasteiger partial charge in [0.25, 0.3) is 5.91 Å². The lowest BCUT2D eigenvalue weighted by molar-refractivity contribution is 0.0731. The van der Waals surface area contributed by atoms with E-state index in [4.69, 9.17) is 0 Å². The number of nitrogens with zero attached hydrogens (tertiary/aromatic N) is 3. The van der Waals surface area contributed by atoms with Gasteiger partial charge in [0.15, 0.2) is 5.82 Å². The number of carbonyl (C=O) groups is 1. The van der Waals surface area contributed by atoms with Crippen LogP contribution in [0.2, 0.25) is 0 Å². The van der Waals surface area contributed by atoms with Crippen molar-refractivity contribution in [3.63, 3.8) is 0 Å². The lowest BCUT2D eigenvalue weighted by Crippen LogP contribution is -2.43. The van der Waals surface area contributed by atoms with Crippen LogP contribution in [0.5, 0.6) is 0 Å². The van der Waals surface area contributed by atoms with E-state index < -0.39 is 16.1 Å². The lowest BCUT2D eigenvalue weighted by Gasteiger charge is -2.28. The van der Waals surface area contributed by atoms with Crippen molar-refractivity contribution in [1.82, 2.24) is 14.1 Å². The molecular formula is C19H22N4O4S. The largest absolute Gasteiger partial charge is 0.391 e. The standard InChI is InChI=1S/C19H22N4O4S/c1-22-7-6-16(21-22)20-19(25)11-2-4-14(5-3-11)28(26,27)23-10-13-8-12-9-15(13)17(23)18(12)24/h2-7,12-13,15,17-18,24H,8-10H2,1H3,(H,20,21,25). The number of aliphatic hydroxyl groups excluding tert-OH is 1. The van der Waals surface area contributed by atoms with Gasteiger partial charge in [0.2, 0.25) is 10.0 Å². The van der Waals surface area contributed by atoms with Crippen LogP contribution in [0.25, 0.3) is 0 Å². The van der Waals surface area contributed by atoms with Crippen molar-refractivity contribution in [2.45, 2.75) is 29.9 Å². The minimum Gasteiger partial charge on any atom is -0.391 e. The van der Waals surface area contributed by atoms with Gasteiger partial charge in [-0.2, -0.15) is 9.40 Å². The van der Waals surface area contributed by atoms with E-state index in [1.54, 1.807) is 24.0 Å². The van der Waals surface area contributed by atoms with Gasteiger partial charge in [-0.3, -0.25) is 9.48 Å². The fourth-order valence-electron chi connectivity index (χ4n) is 5.22. The van der Waals surface area contributed by atoms with Crippen molar-refractivity contribution < 1.29 is 18.3 Å². The zero-order chi connectivity index (χ0) is 19.6. The predicted molar refractivity (Wildman–Crippen MR) is 101 cm³/mol. The van der Waals surface area contributed by atoms with E-state index in [0.717, 1.165) is 12.8 Å². The van der Waals surface area contributed by atoms with Gasteiger partial charge < -0.3 is 10.4 Å². The third-order valence-corrected chi connectivity index (χ3v) is 8.36. The first-order chi connectivity index (χ1) is 13.3. The first kappa shape index (κ1) is 17.8.